The van der Waals surface area contributed by atoms with Gasteiger partial charge < -0.3 is 9.73 Å². The van der Waals surface area contributed by atoms with E-state index in [1.165, 1.54) is 12.1 Å². The van der Waals surface area contributed by atoms with Crippen LogP contribution < -0.4 is 5.32 Å². The molecule has 0 saturated heterocycles. The molecule has 6 heteroatoms. The Morgan fingerprint density at radius 1 is 1.13 bits per heavy atom. The maximum atomic E-state index is 14.0. The SMILES string of the molecule is CC1=C(CC(=O)NCc2ccco2)c2cc(F)ccc2/C1=C\c1ccc(S(C)=O)cc1. The van der Waals surface area contributed by atoms with Crippen molar-refractivity contribution in [2.24, 2.45) is 0 Å². The summed E-state index contributed by atoms with van der Waals surface area (Å²) in [5.74, 6) is 0.182. The van der Waals surface area contributed by atoms with Crippen molar-refractivity contribution in [3.8, 4) is 0 Å². The molecule has 0 aliphatic heterocycles. The molecule has 1 aromatic heterocycles. The molecule has 2 aromatic carbocycles. The summed E-state index contributed by atoms with van der Waals surface area (Å²) in [6.07, 6.45) is 5.37. The quantitative estimate of drug-likeness (QED) is 0.580. The monoisotopic (exact) mass is 435 g/mol. The van der Waals surface area contributed by atoms with Gasteiger partial charge >= 0.3 is 0 Å². The number of halogens is 1. The van der Waals surface area contributed by atoms with Crippen molar-refractivity contribution >= 4 is 33.9 Å². The normalized spacial score (nSPS) is 15.3. The van der Waals surface area contributed by atoms with Crippen LogP contribution >= 0.6 is 0 Å². The molecule has 1 N–H and O–H groups in total. The van der Waals surface area contributed by atoms with E-state index in [0.29, 0.717) is 12.3 Å². The second kappa shape index (κ2) is 8.86. The number of hydrogen-bond donors (Lipinski definition) is 1. The molecule has 0 saturated carbocycles. The predicted molar refractivity (Wildman–Crippen MR) is 121 cm³/mol. The number of hydrogen-bond acceptors (Lipinski definition) is 3. The van der Waals surface area contributed by atoms with Crippen LogP contribution in [0.2, 0.25) is 0 Å². The highest BCUT2D eigenvalue weighted by atomic mass is 32.2. The fraction of sp³-hybridized carbons (Fsp3) is 0.160. The van der Waals surface area contributed by atoms with Gasteiger partial charge in [0.05, 0.1) is 19.2 Å². The van der Waals surface area contributed by atoms with Crippen LogP contribution in [-0.4, -0.2) is 16.4 Å². The highest BCUT2D eigenvalue weighted by Gasteiger charge is 2.25. The first-order valence-corrected chi connectivity index (χ1v) is 11.4. The smallest absolute Gasteiger partial charge is 0.224 e. The second-order valence-electron chi connectivity index (χ2n) is 7.41. The first kappa shape index (κ1) is 21.0. The highest BCUT2D eigenvalue weighted by molar-refractivity contribution is 7.84. The van der Waals surface area contributed by atoms with Gasteiger partial charge in [-0.15, -0.1) is 0 Å². The molecule has 1 amide bonds. The molecule has 1 aliphatic rings. The minimum absolute atomic E-state index is 0.147. The lowest BCUT2D eigenvalue weighted by Crippen LogP contribution is -2.22. The second-order valence-corrected chi connectivity index (χ2v) is 8.79. The van der Waals surface area contributed by atoms with Gasteiger partial charge in [-0.3, -0.25) is 9.00 Å². The summed E-state index contributed by atoms with van der Waals surface area (Å²) in [6, 6.07) is 15.7. The number of amides is 1. The van der Waals surface area contributed by atoms with Gasteiger partial charge in [-0.2, -0.15) is 0 Å². The molecule has 31 heavy (non-hydrogen) atoms. The molecule has 158 valence electrons. The molecular formula is C25H22FNO3S. The Morgan fingerprint density at radius 3 is 2.58 bits per heavy atom. The van der Waals surface area contributed by atoms with Crippen LogP contribution in [-0.2, 0) is 22.1 Å². The number of carbonyl (C=O) groups is 1. The summed E-state index contributed by atoms with van der Waals surface area (Å²) >= 11 is 0. The van der Waals surface area contributed by atoms with Crippen LogP contribution in [0.4, 0.5) is 4.39 Å². The van der Waals surface area contributed by atoms with E-state index in [0.717, 1.165) is 38.3 Å². The van der Waals surface area contributed by atoms with Gasteiger partial charge in [-0.25, -0.2) is 4.39 Å². The molecule has 0 spiro atoms. The van der Waals surface area contributed by atoms with Crippen LogP contribution in [0.5, 0.6) is 0 Å². The third-order valence-corrected chi connectivity index (χ3v) is 6.29. The largest absolute Gasteiger partial charge is 0.467 e. The molecule has 0 fully saturated rings. The zero-order chi connectivity index (χ0) is 22.0. The zero-order valence-electron chi connectivity index (χ0n) is 17.3. The topological polar surface area (TPSA) is 59.3 Å². The maximum absolute atomic E-state index is 14.0. The van der Waals surface area contributed by atoms with Gasteiger partial charge in [-0.1, -0.05) is 18.2 Å². The number of rotatable bonds is 6. The third kappa shape index (κ3) is 4.59. The van der Waals surface area contributed by atoms with E-state index in [1.807, 2.05) is 37.3 Å². The Morgan fingerprint density at radius 2 is 1.90 bits per heavy atom. The fourth-order valence-electron chi connectivity index (χ4n) is 3.73. The van der Waals surface area contributed by atoms with Gasteiger partial charge in [0.1, 0.15) is 11.6 Å². The standard InChI is InChI=1S/C25H22FNO3S/c1-16-22(12-17-5-8-20(9-6-17)31(2)29)21-10-7-18(26)13-24(21)23(16)14-25(28)27-15-19-4-3-11-30-19/h3-13H,14-15H2,1-2H3,(H,27,28)/b22-12-. The van der Waals surface area contributed by atoms with E-state index < -0.39 is 10.8 Å². The number of fused-ring (bicyclic) bond motifs is 1. The highest BCUT2D eigenvalue weighted by Crippen LogP contribution is 2.43. The molecule has 1 atom stereocenters. The first-order chi connectivity index (χ1) is 14.9. The maximum Gasteiger partial charge on any atom is 0.224 e. The van der Waals surface area contributed by atoms with Gasteiger partial charge in [0.25, 0.3) is 0 Å². The Kier molecular flexibility index (Phi) is 6.00. The van der Waals surface area contributed by atoms with Gasteiger partial charge in [0.2, 0.25) is 5.91 Å². The van der Waals surface area contributed by atoms with E-state index in [1.54, 1.807) is 30.7 Å². The number of nitrogens with one attached hydrogen (secondary N) is 1. The Labute approximate surface area is 182 Å². The van der Waals surface area contributed by atoms with E-state index in [-0.39, 0.29) is 18.1 Å². The van der Waals surface area contributed by atoms with Crippen LogP contribution in [0, 0.1) is 5.82 Å². The molecule has 0 radical (unpaired) electrons. The molecule has 0 bridgehead atoms. The van der Waals surface area contributed by atoms with Gasteiger partial charge in [0.15, 0.2) is 0 Å². The summed E-state index contributed by atoms with van der Waals surface area (Å²) < 4.78 is 30.9. The van der Waals surface area contributed by atoms with Gasteiger partial charge in [-0.05, 0) is 82.8 Å². The minimum Gasteiger partial charge on any atom is -0.467 e. The summed E-state index contributed by atoms with van der Waals surface area (Å²) in [7, 11) is -1.04. The lowest BCUT2D eigenvalue weighted by molar-refractivity contribution is -0.120. The minimum atomic E-state index is -1.04. The molecule has 3 aromatic rings. The average Bonchev–Trinajstić information content (AvgIpc) is 3.35. The summed E-state index contributed by atoms with van der Waals surface area (Å²) in [5.41, 5.74) is 5.29. The Hall–Kier alpha value is -3.25. The molecule has 4 rings (SSSR count). The van der Waals surface area contributed by atoms with Crippen LogP contribution in [0.1, 0.15) is 35.8 Å². The Balaban J connectivity index is 1.64. The summed E-state index contributed by atoms with van der Waals surface area (Å²) in [5, 5.41) is 2.85. The van der Waals surface area contributed by atoms with E-state index in [2.05, 4.69) is 5.32 Å². The Bertz CT molecular complexity index is 1210. The van der Waals surface area contributed by atoms with Crippen molar-refractivity contribution in [2.75, 3.05) is 6.26 Å². The molecule has 1 heterocycles. The lowest BCUT2D eigenvalue weighted by Gasteiger charge is -2.07. The van der Waals surface area contributed by atoms with Crippen LogP contribution in [0.25, 0.3) is 17.2 Å². The average molecular weight is 436 g/mol. The number of benzene rings is 2. The van der Waals surface area contributed by atoms with Crippen molar-refractivity contribution < 1.29 is 17.8 Å². The molecule has 4 nitrogen and oxygen atoms in total. The summed E-state index contributed by atoms with van der Waals surface area (Å²) in [6.45, 7) is 2.26. The van der Waals surface area contributed by atoms with Crippen molar-refractivity contribution in [1.82, 2.24) is 5.32 Å². The van der Waals surface area contributed by atoms with E-state index in [4.69, 9.17) is 4.42 Å². The number of carbonyl (C=O) groups excluding carboxylic acids is 1. The molecule has 1 aliphatic carbocycles. The third-order valence-electron chi connectivity index (χ3n) is 5.35. The summed E-state index contributed by atoms with van der Waals surface area (Å²) in [4.78, 5) is 13.3. The van der Waals surface area contributed by atoms with Crippen molar-refractivity contribution in [2.45, 2.75) is 24.8 Å². The zero-order valence-corrected chi connectivity index (χ0v) is 18.1. The van der Waals surface area contributed by atoms with Crippen molar-refractivity contribution in [1.29, 1.82) is 0 Å². The predicted octanol–water partition coefficient (Wildman–Crippen LogP) is 5.19. The molecular weight excluding hydrogens is 413 g/mol. The number of allylic oxidation sites excluding steroid dienone is 2. The fourth-order valence-corrected chi connectivity index (χ4v) is 4.25. The van der Waals surface area contributed by atoms with Gasteiger partial charge in [0, 0.05) is 22.0 Å². The number of furan rings is 1. The lowest BCUT2D eigenvalue weighted by atomic mass is 10.0. The molecule has 1 unspecified atom stereocenters. The van der Waals surface area contributed by atoms with Crippen molar-refractivity contribution in [3.05, 3.63) is 94.7 Å². The van der Waals surface area contributed by atoms with Crippen LogP contribution in [0.15, 0.2) is 75.7 Å². The first-order valence-electron chi connectivity index (χ1n) is 9.87. The van der Waals surface area contributed by atoms with E-state index in [9.17, 15) is 13.4 Å². The van der Waals surface area contributed by atoms with Crippen LogP contribution in [0.3, 0.4) is 0 Å². The van der Waals surface area contributed by atoms with Crippen molar-refractivity contribution in [3.63, 3.8) is 0 Å². The van der Waals surface area contributed by atoms with E-state index >= 15 is 0 Å².